The van der Waals surface area contributed by atoms with E-state index >= 15 is 0 Å². The molecule has 7 heteroatoms. The highest BCUT2D eigenvalue weighted by atomic mass is 35.5. The summed E-state index contributed by atoms with van der Waals surface area (Å²) in [6.07, 6.45) is 3.30. The van der Waals surface area contributed by atoms with Gasteiger partial charge in [-0.15, -0.1) is 0 Å². The van der Waals surface area contributed by atoms with E-state index < -0.39 is 4.92 Å². The van der Waals surface area contributed by atoms with Gasteiger partial charge in [0.2, 0.25) is 0 Å². The van der Waals surface area contributed by atoms with E-state index in [0.29, 0.717) is 12.5 Å². The smallest absolute Gasteiger partial charge is 0.288 e. The standard InChI is InChI=1S/C13H16ClN3O3/c1-8(2)16(7-9-3-4-9)13(18)11-5-10(17(19)20)6-15-12(11)14/h5-6,8-9H,3-4,7H2,1-2H3. The highest BCUT2D eigenvalue weighted by Crippen LogP contribution is 2.31. The average molecular weight is 298 g/mol. The Labute approximate surface area is 121 Å². The SMILES string of the molecule is CC(C)N(CC1CC1)C(=O)c1cc([N+](=O)[O-])cnc1Cl. The number of carbonyl (C=O) groups excluding carboxylic acids is 1. The molecule has 1 heterocycles. The second kappa shape index (κ2) is 5.75. The summed E-state index contributed by atoms with van der Waals surface area (Å²) in [6.45, 7) is 4.49. The number of pyridine rings is 1. The number of hydrogen-bond donors (Lipinski definition) is 0. The molecule has 1 saturated carbocycles. The van der Waals surface area contributed by atoms with Gasteiger partial charge in [-0.05, 0) is 32.6 Å². The zero-order valence-electron chi connectivity index (χ0n) is 11.4. The monoisotopic (exact) mass is 297 g/mol. The molecule has 0 saturated heterocycles. The summed E-state index contributed by atoms with van der Waals surface area (Å²) >= 11 is 5.92. The van der Waals surface area contributed by atoms with Gasteiger partial charge in [0.05, 0.1) is 10.5 Å². The summed E-state index contributed by atoms with van der Waals surface area (Å²) in [7, 11) is 0. The van der Waals surface area contributed by atoms with Crippen molar-refractivity contribution in [2.75, 3.05) is 6.54 Å². The molecule has 0 aliphatic heterocycles. The van der Waals surface area contributed by atoms with E-state index in [1.807, 2.05) is 13.8 Å². The van der Waals surface area contributed by atoms with Gasteiger partial charge < -0.3 is 4.90 Å². The number of carbonyl (C=O) groups is 1. The van der Waals surface area contributed by atoms with Crippen molar-refractivity contribution in [3.63, 3.8) is 0 Å². The molecular weight excluding hydrogens is 282 g/mol. The molecule has 6 nitrogen and oxygen atoms in total. The van der Waals surface area contributed by atoms with Crippen molar-refractivity contribution in [2.24, 2.45) is 5.92 Å². The molecule has 0 spiro atoms. The third-order valence-corrected chi connectivity index (χ3v) is 3.60. The summed E-state index contributed by atoms with van der Waals surface area (Å²) < 4.78 is 0. The third-order valence-electron chi connectivity index (χ3n) is 3.30. The largest absolute Gasteiger partial charge is 0.336 e. The van der Waals surface area contributed by atoms with Crippen molar-refractivity contribution in [3.05, 3.63) is 33.1 Å². The molecular formula is C13H16ClN3O3. The van der Waals surface area contributed by atoms with E-state index in [1.165, 1.54) is 6.07 Å². The Balaban J connectivity index is 2.29. The van der Waals surface area contributed by atoms with Crippen LogP contribution in [0.1, 0.15) is 37.0 Å². The molecule has 108 valence electrons. The summed E-state index contributed by atoms with van der Waals surface area (Å²) in [6, 6.07) is 1.21. The first-order valence-corrected chi connectivity index (χ1v) is 6.89. The Hall–Kier alpha value is -1.69. The molecule has 1 aliphatic carbocycles. The Morgan fingerprint density at radius 3 is 2.75 bits per heavy atom. The van der Waals surface area contributed by atoms with Gasteiger partial charge in [0.15, 0.2) is 0 Å². The van der Waals surface area contributed by atoms with Crippen LogP contribution < -0.4 is 0 Å². The summed E-state index contributed by atoms with van der Waals surface area (Å²) in [4.78, 5) is 28.2. The van der Waals surface area contributed by atoms with Crippen LogP contribution in [0, 0.1) is 16.0 Å². The molecule has 1 aliphatic rings. The van der Waals surface area contributed by atoms with Crippen molar-refractivity contribution in [1.29, 1.82) is 0 Å². The molecule has 0 radical (unpaired) electrons. The van der Waals surface area contributed by atoms with Crippen LogP contribution in [0.5, 0.6) is 0 Å². The van der Waals surface area contributed by atoms with Crippen molar-refractivity contribution in [1.82, 2.24) is 9.88 Å². The number of hydrogen-bond acceptors (Lipinski definition) is 4. The van der Waals surface area contributed by atoms with E-state index in [9.17, 15) is 14.9 Å². The van der Waals surface area contributed by atoms with Crippen LogP contribution in [0.4, 0.5) is 5.69 Å². The second-order valence-electron chi connectivity index (χ2n) is 5.28. The molecule has 0 unspecified atom stereocenters. The molecule has 2 rings (SSSR count). The Morgan fingerprint density at radius 1 is 1.60 bits per heavy atom. The Morgan fingerprint density at radius 2 is 2.25 bits per heavy atom. The molecule has 0 aromatic carbocycles. The lowest BCUT2D eigenvalue weighted by atomic mass is 10.2. The predicted octanol–water partition coefficient (Wildman–Crippen LogP) is 2.90. The minimum absolute atomic E-state index is 0.00190. The molecule has 1 aromatic heterocycles. The molecule has 1 amide bonds. The highest BCUT2D eigenvalue weighted by molar-refractivity contribution is 6.32. The second-order valence-corrected chi connectivity index (χ2v) is 5.64. The molecule has 1 fully saturated rings. The number of rotatable bonds is 5. The number of halogens is 1. The molecule has 20 heavy (non-hydrogen) atoms. The van der Waals surface area contributed by atoms with Crippen LogP contribution in [0.3, 0.4) is 0 Å². The van der Waals surface area contributed by atoms with Crippen LogP contribution in [-0.4, -0.2) is 33.3 Å². The lowest BCUT2D eigenvalue weighted by Crippen LogP contribution is -2.38. The normalized spacial score (nSPS) is 14.4. The zero-order valence-corrected chi connectivity index (χ0v) is 12.1. The van der Waals surface area contributed by atoms with Crippen LogP contribution >= 0.6 is 11.6 Å². The third kappa shape index (κ3) is 3.25. The maximum absolute atomic E-state index is 12.5. The average Bonchev–Trinajstić information content (AvgIpc) is 3.19. The highest BCUT2D eigenvalue weighted by Gasteiger charge is 2.30. The fraction of sp³-hybridized carbons (Fsp3) is 0.538. The summed E-state index contributed by atoms with van der Waals surface area (Å²) in [5.41, 5.74) is -0.136. The van der Waals surface area contributed by atoms with Crippen LogP contribution in [0.2, 0.25) is 5.15 Å². The summed E-state index contributed by atoms with van der Waals surface area (Å²) in [5.74, 6) is 0.236. The van der Waals surface area contributed by atoms with Crippen molar-refractivity contribution in [2.45, 2.75) is 32.7 Å². The van der Waals surface area contributed by atoms with Crippen molar-refractivity contribution < 1.29 is 9.72 Å². The number of amides is 1. The summed E-state index contributed by atoms with van der Waals surface area (Å²) in [5, 5.41) is 10.8. The lowest BCUT2D eigenvalue weighted by Gasteiger charge is -2.27. The molecule has 0 atom stereocenters. The number of aromatic nitrogens is 1. The fourth-order valence-electron chi connectivity index (χ4n) is 1.95. The minimum Gasteiger partial charge on any atom is -0.336 e. The van der Waals surface area contributed by atoms with Crippen LogP contribution in [-0.2, 0) is 0 Å². The van der Waals surface area contributed by atoms with Crippen LogP contribution in [0.15, 0.2) is 12.3 Å². The van der Waals surface area contributed by atoms with E-state index in [-0.39, 0.29) is 28.4 Å². The molecule has 0 bridgehead atoms. The first-order valence-electron chi connectivity index (χ1n) is 6.51. The topological polar surface area (TPSA) is 76.3 Å². The first-order chi connectivity index (χ1) is 9.40. The maximum Gasteiger partial charge on any atom is 0.288 e. The maximum atomic E-state index is 12.5. The Bertz CT molecular complexity index is 544. The number of nitro groups is 1. The van der Waals surface area contributed by atoms with Gasteiger partial charge in [-0.3, -0.25) is 14.9 Å². The minimum atomic E-state index is -0.583. The van der Waals surface area contributed by atoms with Gasteiger partial charge >= 0.3 is 0 Å². The van der Waals surface area contributed by atoms with Crippen molar-refractivity contribution >= 4 is 23.2 Å². The first kappa shape index (κ1) is 14.7. The van der Waals surface area contributed by atoms with Gasteiger partial charge in [-0.1, -0.05) is 11.6 Å². The van der Waals surface area contributed by atoms with E-state index in [2.05, 4.69) is 4.98 Å². The molecule has 0 N–H and O–H groups in total. The fourth-order valence-corrected chi connectivity index (χ4v) is 2.13. The molecule has 1 aromatic rings. The van der Waals surface area contributed by atoms with Gasteiger partial charge in [0.25, 0.3) is 11.6 Å². The van der Waals surface area contributed by atoms with E-state index in [4.69, 9.17) is 11.6 Å². The van der Waals surface area contributed by atoms with Crippen LogP contribution in [0.25, 0.3) is 0 Å². The quantitative estimate of drug-likeness (QED) is 0.476. The Kier molecular flexibility index (Phi) is 4.23. The van der Waals surface area contributed by atoms with Gasteiger partial charge in [0, 0.05) is 18.7 Å². The lowest BCUT2D eigenvalue weighted by molar-refractivity contribution is -0.385. The number of nitrogens with zero attached hydrogens (tertiary/aromatic N) is 3. The van der Waals surface area contributed by atoms with E-state index in [1.54, 1.807) is 4.90 Å². The van der Waals surface area contributed by atoms with Gasteiger partial charge in [-0.2, -0.15) is 0 Å². The van der Waals surface area contributed by atoms with E-state index in [0.717, 1.165) is 19.0 Å². The van der Waals surface area contributed by atoms with Gasteiger partial charge in [0.1, 0.15) is 11.3 Å². The van der Waals surface area contributed by atoms with Gasteiger partial charge in [-0.25, -0.2) is 4.98 Å². The predicted molar refractivity (Wildman–Crippen MR) is 74.8 cm³/mol. The zero-order chi connectivity index (χ0) is 14.9. The van der Waals surface area contributed by atoms with Crippen molar-refractivity contribution in [3.8, 4) is 0 Å².